The molecular formula is C49H37NS. The molecular weight excluding hydrogens is 635 g/mol. The molecule has 0 amide bonds. The molecule has 0 fully saturated rings. The molecule has 8 aromatic rings. The lowest BCUT2D eigenvalue weighted by atomic mass is 9.78. The molecule has 0 saturated carbocycles. The summed E-state index contributed by atoms with van der Waals surface area (Å²) in [7, 11) is 0. The van der Waals surface area contributed by atoms with Crippen molar-refractivity contribution in [3.05, 3.63) is 204 Å². The highest BCUT2D eigenvalue weighted by atomic mass is 32.1. The van der Waals surface area contributed by atoms with Crippen LogP contribution >= 0.6 is 11.3 Å². The van der Waals surface area contributed by atoms with Crippen LogP contribution in [0.2, 0.25) is 0 Å². The van der Waals surface area contributed by atoms with E-state index in [1.807, 2.05) is 11.3 Å². The molecule has 0 aliphatic heterocycles. The van der Waals surface area contributed by atoms with Gasteiger partial charge >= 0.3 is 0 Å². The second-order valence-electron chi connectivity index (χ2n) is 13.4. The lowest BCUT2D eigenvalue weighted by Gasteiger charge is -2.26. The normalized spacial score (nSPS) is 15.1. The van der Waals surface area contributed by atoms with Crippen molar-refractivity contribution in [3.8, 4) is 33.4 Å². The molecule has 2 unspecified atom stereocenters. The second kappa shape index (κ2) is 13.4. The topological polar surface area (TPSA) is 3.24 Å². The monoisotopic (exact) mass is 671 g/mol. The molecule has 2 atom stereocenters. The van der Waals surface area contributed by atoms with Gasteiger partial charge < -0.3 is 4.90 Å². The molecule has 0 radical (unpaired) electrons. The van der Waals surface area contributed by atoms with Gasteiger partial charge in [0.15, 0.2) is 0 Å². The quantitative estimate of drug-likeness (QED) is 0.163. The Morgan fingerprint density at radius 3 is 1.43 bits per heavy atom. The van der Waals surface area contributed by atoms with E-state index in [0.717, 1.165) is 17.1 Å². The van der Waals surface area contributed by atoms with Crippen molar-refractivity contribution in [2.75, 3.05) is 4.90 Å². The van der Waals surface area contributed by atoms with E-state index in [0.29, 0.717) is 11.8 Å². The number of anilines is 3. The summed E-state index contributed by atoms with van der Waals surface area (Å²) in [6.07, 6.45) is 4.74. The number of benzene rings is 7. The summed E-state index contributed by atoms with van der Waals surface area (Å²) in [5.74, 6) is 0.802. The molecule has 1 aromatic heterocycles. The summed E-state index contributed by atoms with van der Waals surface area (Å²) >= 11 is 1.91. The number of rotatable bonds is 7. The zero-order chi connectivity index (χ0) is 34.1. The van der Waals surface area contributed by atoms with Crippen molar-refractivity contribution < 1.29 is 0 Å². The van der Waals surface area contributed by atoms with Gasteiger partial charge in [-0.15, -0.1) is 11.3 Å². The second-order valence-corrected chi connectivity index (χ2v) is 14.5. The molecule has 1 aliphatic rings. The summed E-state index contributed by atoms with van der Waals surface area (Å²) in [5.41, 5.74) is 13.6. The Labute approximate surface area is 304 Å². The zero-order valence-corrected chi connectivity index (χ0v) is 29.3. The first-order valence-electron chi connectivity index (χ1n) is 17.7. The van der Waals surface area contributed by atoms with E-state index in [2.05, 4.69) is 206 Å². The highest BCUT2D eigenvalue weighted by molar-refractivity contribution is 7.20. The summed E-state index contributed by atoms with van der Waals surface area (Å²) in [4.78, 5) is 3.74. The number of hydrogen-bond acceptors (Lipinski definition) is 2. The Morgan fingerprint density at radius 1 is 0.431 bits per heavy atom. The van der Waals surface area contributed by atoms with Crippen LogP contribution in [0.15, 0.2) is 188 Å². The Hall–Kier alpha value is -5.96. The summed E-state index contributed by atoms with van der Waals surface area (Å²) in [6.45, 7) is 2.38. The zero-order valence-electron chi connectivity index (χ0n) is 28.5. The first-order valence-corrected chi connectivity index (χ1v) is 18.5. The molecule has 0 spiro atoms. The average molecular weight is 672 g/mol. The minimum atomic E-state index is 0.367. The maximum absolute atomic E-state index is 2.40. The lowest BCUT2D eigenvalue weighted by molar-refractivity contribution is 0.677. The molecule has 7 aromatic carbocycles. The van der Waals surface area contributed by atoms with Crippen molar-refractivity contribution in [1.82, 2.24) is 0 Å². The molecule has 51 heavy (non-hydrogen) atoms. The molecule has 2 heteroatoms. The van der Waals surface area contributed by atoms with Crippen LogP contribution in [0.1, 0.15) is 34.8 Å². The Morgan fingerprint density at radius 2 is 0.863 bits per heavy atom. The van der Waals surface area contributed by atoms with Crippen molar-refractivity contribution >= 4 is 44.6 Å². The van der Waals surface area contributed by atoms with Crippen LogP contribution < -0.4 is 4.90 Å². The van der Waals surface area contributed by atoms with Crippen LogP contribution in [0.3, 0.4) is 0 Å². The summed E-state index contributed by atoms with van der Waals surface area (Å²) < 4.78 is 1.38. The average Bonchev–Trinajstić information content (AvgIpc) is 3.59. The van der Waals surface area contributed by atoms with E-state index in [9.17, 15) is 0 Å². The largest absolute Gasteiger partial charge is 0.311 e. The maximum Gasteiger partial charge on any atom is 0.0462 e. The van der Waals surface area contributed by atoms with Crippen LogP contribution in [-0.2, 0) is 0 Å². The van der Waals surface area contributed by atoms with Crippen molar-refractivity contribution in [2.45, 2.75) is 18.8 Å². The number of para-hydroxylation sites is 1. The van der Waals surface area contributed by atoms with Gasteiger partial charge in [-0.2, -0.15) is 0 Å². The predicted molar refractivity (Wildman–Crippen MR) is 219 cm³/mol. The SMILES string of the molecule is CC1c2c(sc3ccccc23)C=CC1c1ccc(-c2ccc(N(c3ccccc3)c3ccc(-c4ccc(-c5ccccc5)cc4)cc3)cc2)cc1. The minimum Gasteiger partial charge on any atom is -0.311 e. The van der Waals surface area contributed by atoms with Crippen LogP contribution in [-0.4, -0.2) is 0 Å². The third-order valence-corrected chi connectivity index (χ3v) is 11.5. The van der Waals surface area contributed by atoms with Gasteiger partial charge in [-0.1, -0.05) is 153 Å². The molecule has 244 valence electrons. The van der Waals surface area contributed by atoms with E-state index in [4.69, 9.17) is 0 Å². The minimum absolute atomic E-state index is 0.367. The van der Waals surface area contributed by atoms with E-state index >= 15 is 0 Å². The van der Waals surface area contributed by atoms with Crippen molar-refractivity contribution in [1.29, 1.82) is 0 Å². The van der Waals surface area contributed by atoms with Gasteiger partial charge in [0.1, 0.15) is 0 Å². The molecule has 0 saturated heterocycles. The molecule has 9 rings (SSSR count). The van der Waals surface area contributed by atoms with Gasteiger partial charge in [0, 0.05) is 32.6 Å². The highest BCUT2D eigenvalue weighted by Crippen LogP contribution is 2.47. The first kappa shape index (κ1) is 31.1. The molecule has 0 bridgehead atoms. The molecule has 1 nitrogen and oxygen atoms in total. The standard InChI is InChI=1S/C49H37NS/c1-34-45(32-33-48-49(34)46-14-8-9-15-47(46)51-48)41-22-20-38(21-23-41)40-26-30-44(31-27-40)50(42-12-6-3-7-13-42)43-28-24-39(25-29-43)37-18-16-36(17-19-37)35-10-4-2-5-11-35/h2-34,45H,1H3. The van der Waals surface area contributed by atoms with Gasteiger partial charge in [0.2, 0.25) is 0 Å². The van der Waals surface area contributed by atoms with E-state index in [1.165, 1.54) is 59.5 Å². The fraction of sp³-hybridized carbons (Fsp3) is 0.0612. The van der Waals surface area contributed by atoms with Gasteiger partial charge in [-0.25, -0.2) is 0 Å². The molecule has 1 heterocycles. The Balaban J connectivity index is 0.957. The molecule has 1 aliphatic carbocycles. The van der Waals surface area contributed by atoms with Crippen LogP contribution in [0.5, 0.6) is 0 Å². The van der Waals surface area contributed by atoms with Crippen LogP contribution in [0, 0.1) is 0 Å². The van der Waals surface area contributed by atoms with Gasteiger partial charge in [0.05, 0.1) is 0 Å². The van der Waals surface area contributed by atoms with Gasteiger partial charge in [-0.05, 0) is 104 Å². The fourth-order valence-corrected chi connectivity index (χ4v) is 8.85. The Kier molecular flexibility index (Phi) is 8.16. The van der Waals surface area contributed by atoms with Crippen molar-refractivity contribution in [3.63, 3.8) is 0 Å². The number of nitrogens with zero attached hydrogens (tertiary/aromatic N) is 1. The molecule has 0 N–H and O–H groups in total. The summed E-state index contributed by atoms with van der Waals surface area (Å²) in [5, 5.41) is 1.41. The lowest BCUT2D eigenvalue weighted by Crippen LogP contribution is -2.10. The highest BCUT2D eigenvalue weighted by Gasteiger charge is 2.27. The smallest absolute Gasteiger partial charge is 0.0462 e. The van der Waals surface area contributed by atoms with E-state index in [-0.39, 0.29) is 0 Å². The predicted octanol–water partition coefficient (Wildman–Crippen LogP) is 14.3. The number of hydrogen-bond donors (Lipinski definition) is 0. The third kappa shape index (κ3) is 5.98. The Bertz CT molecular complexity index is 2440. The van der Waals surface area contributed by atoms with Crippen molar-refractivity contribution in [2.24, 2.45) is 0 Å². The van der Waals surface area contributed by atoms with Gasteiger partial charge in [0.25, 0.3) is 0 Å². The van der Waals surface area contributed by atoms with Crippen LogP contribution in [0.4, 0.5) is 17.1 Å². The summed E-state index contributed by atoms with van der Waals surface area (Å²) in [6, 6.07) is 65.9. The number of allylic oxidation sites excluding steroid dienone is 1. The third-order valence-electron chi connectivity index (χ3n) is 10.3. The number of thiophene rings is 1. The fourth-order valence-electron chi connectivity index (χ4n) is 7.63. The van der Waals surface area contributed by atoms with E-state index in [1.54, 1.807) is 0 Å². The number of fused-ring (bicyclic) bond motifs is 3. The van der Waals surface area contributed by atoms with Gasteiger partial charge in [-0.3, -0.25) is 0 Å². The maximum atomic E-state index is 2.40. The van der Waals surface area contributed by atoms with Crippen LogP contribution in [0.25, 0.3) is 49.5 Å². The van der Waals surface area contributed by atoms with E-state index < -0.39 is 0 Å². The first-order chi connectivity index (χ1) is 25.2.